The first-order chi connectivity index (χ1) is 6.20. The first-order valence-corrected chi connectivity index (χ1v) is 3.95. The second kappa shape index (κ2) is 4.56. The summed E-state index contributed by atoms with van der Waals surface area (Å²) in [6, 6.07) is 0. The van der Waals surface area contributed by atoms with Crippen molar-refractivity contribution in [1.29, 1.82) is 0 Å². The number of hydrogen-bond acceptors (Lipinski definition) is 5. The number of hydrogen-bond donors (Lipinski definition) is 2. The highest BCUT2D eigenvalue weighted by Gasteiger charge is 2.07. The van der Waals surface area contributed by atoms with E-state index in [0.717, 1.165) is 0 Å². The molecule has 6 nitrogen and oxygen atoms in total. The molecule has 0 spiro atoms. The number of nitrogens with one attached hydrogen (secondary N) is 1. The SMILES string of the molecule is CC(CNCc1ncon1)C(N)=O. The molecule has 3 N–H and O–H groups in total. The van der Waals surface area contributed by atoms with E-state index in [9.17, 15) is 4.79 Å². The molecule has 0 saturated heterocycles. The van der Waals surface area contributed by atoms with Crippen molar-refractivity contribution in [3.05, 3.63) is 12.2 Å². The average molecular weight is 184 g/mol. The van der Waals surface area contributed by atoms with Crippen LogP contribution in [0, 0.1) is 5.92 Å². The number of aromatic nitrogens is 2. The van der Waals surface area contributed by atoms with Crippen LogP contribution in [-0.2, 0) is 11.3 Å². The van der Waals surface area contributed by atoms with Crippen molar-refractivity contribution in [2.24, 2.45) is 11.7 Å². The van der Waals surface area contributed by atoms with Crippen molar-refractivity contribution >= 4 is 5.91 Å². The minimum Gasteiger partial charge on any atom is -0.369 e. The van der Waals surface area contributed by atoms with Gasteiger partial charge in [0.2, 0.25) is 12.3 Å². The molecule has 1 atom stereocenters. The van der Waals surface area contributed by atoms with Crippen molar-refractivity contribution < 1.29 is 9.32 Å². The molecular formula is C7H12N4O2. The van der Waals surface area contributed by atoms with Gasteiger partial charge in [-0.2, -0.15) is 4.98 Å². The van der Waals surface area contributed by atoms with E-state index in [1.807, 2.05) is 0 Å². The van der Waals surface area contributed by atoms with Crippen molar-refractivity contribution in [3.63, 3.8) is 0 Å². The van der Waals surface area contributed by atoms with Gasteiger partial charge in [-0.1, -0.05) is 12.1 Å². The molecule has 0 radical (unpaired) electrons. The highest BCUT2D eigenvalue weighted by Crippen LogP contribution is 1.91. The van der Waals surface area contributed by atoms with Gasteiger partial charge in [-0.05, 0) is 0 Å². The van der Waals surface area contributed by atoms with Gasteiger partial charge in [-0.15, -0.1) is 0 Å². The molecule has 1 aromatic rings. The second-order valence-electron chi connectivity index (χ2n) is 2.78. The number of amides is 1. The molecule has 0 aromatic carbocycles. The number of nitrogens with two attached hydrogens (primary N) is 1. The van der Waals surface area contributed by atoms with E-state index in [4.69, 9.17) is 5.73 Å². The third-order valence-corrected chi connectivity index (χ3v) is 1.63. The quantitative estimate of drug-likeness (QED) is 0.629. The lowest BCUT2D eigenvalue weighted by Gasteiger charge is -2.06. The van der Waals surface area contributed by atoms with Crippen LogP contribution in [-0.4, -0.2) is 22.6 Å². The molecule has 1 unspecified atom stereocenters. The first-order valence-electron chi connectivity index (χ1n) is 3.95. The second-order valence-corrected chi connectivity index (χ2v) is 2.78. The molecule has 0 bridgehead atoms. The van der Waals surface area contributed by atoms with E-state index >= 15 is 0 Å². The summed E-state index contributed by atoms with van der Waals surface area (Å²) in [4.78, 5) is 14.4. The zero-order valence-electron chi connectivity index (χ0n) is 7.36. The lowest BCUT2D eigenvalue weighted by molar-refractivity contribution is -0.121. The lowest BCUT2D eigenvalue weighted by atomic mass is 10.2. The summed E-state index contributed by atoms with van der Waals surface area (Å²) in [6.45, 7) is 2.75. The monoisotopic (exact) mass is 184 g/mol. The molecule has 1 amide bonds. The molecule has 0 fully saturated rings. The van der Waals surface area contributed by atoms with E-state index in [1.54, 1.807) is 6.92 Å². The van der Waals surface area contributed by atoms with Crippen LogP contribution in [0.2, 0.25) is 0 Å². The van der Waals surface area contributed by atoms with Gasteiger partial charge in [0.25, 0.3) is 0 Å². The molecule has 13 heavy (non-hydrogen) atoms. The van der Waals surface area contributed by atoms with Crippen LogP contribution in [0.3, 0.4) is 0 Å². The standard InChI is InChI=1S/C7H12N4O2/c1-5(7(8)12)2-9-3-6-10-4-13-11-6/h4-5,9H,2-3H2,1H3,(H2,8,12). The predicted molar refractivity (Wildman–Crippen MR) is 44.4 cm³/mol. The van der Waals surface area contributed by atoms with Gasteiger partial charge in [-0.25, -0.2) is 0 Å². The number of nitrogens with zero attached hydrogens (tertiary/aromatic N) is 2. The van der Waals surface area contributed by atoms with Crippen LogP contribution in [0.15, 0.2) is 10.9 Å². The Morgan fingerprint density at radius 1 is 1.85 bits per heavy atom. The smallest absolute Gasteiger partial charge is 0.221 e. The maximum absolute atomic E-state index is 10.6. The van der Waals surface area contributed by atoms with E-state index in [-0.39, 0.29) is 11.8 Å². The minimum atomic E-state index is -0.319. The Kier molecular flexibility index (Phi) is 3.39. The largest absolute Gasteiger partial charge is 0.369 e. The molecule has 0 saturated carbocycles. The fourth-order valence-corrected chi connectivity index (χ4v) is 0.771. The van der Waals surface area contributed by atoms with E-state index in [2.05, 4.69) is 20.0 Å². The first kappa shape index (κ1) is 9.66. The minimum absolute atomic E-state index is 0.188. The van der Waals surface area contributed by atoms with Crippen molar-refractivity contribution in [2.45, 2.75) is 13.5 Å². The predicted octanol–water partition coefficient (Wildman–Crippen LogP) is -0.719. The molecule has 1 aromatic heterocycles. The van der Waals surface area contributed by atoms with E-state index in [1.165, 1.54) is 6.39 Å². The van der Waals surface area contributed by atoms with Gasteiger partial charge in [0, 0.05) is 12.5 Å². The zero-order valence-corrected chi connectivity index (χ0v) is 7.36. The fourth-order valence-electron chi connectivity index (χ4n) is 0.771. The molecule has 1 heterocycles. The number of rotatable bonds is 5. The Hall–Kier alpha value is -1.43. The number of carbonyl (C=O) groups is 1. The number of carbonyl (C=O) groups excluding carboxylic acids is 1. The summed E-state index contributed by atoms with van der Waals surface area (Å²) >= 11 is 0. The van der Waals surface area contributed by atoms with Gasteiger partial charge >= 0.3 is 0 Å². The Labute approximate surface area is 75.5 Å². The average Bonchev–Trinajstić information content (AvgIpc) is 2.56. The molecular weight excluding hydrogens is 172 g/mol. The Morgan fingerprint density at radius 3 is 3.15 bits per heavy atom. The maximum atomic E-state index is 10.6. The van der Waals surface area contributed by atoms with Crippen LogP contribution < -0.4 is 11.1 Å². The van der Waals surface area contributed by atoms with Gasteiger partial charge < -0.3 is 15.6 Å². The molecule has 0 aliphatic heterocycles. The van der Waals surface area contributed by atoms with E-state index in [0.29, 0.717) is 18.9 Å². The lowest BCUT2D eigenvalue weighted by Crippen LogP contribution is -2.30. The third kappa shape index (κ3) is 3.20. The zero-order chi connectivity index (χ0) is 9.68. The van der Waals surface area contributed by atoms with Gasteiger partial charge in [-0.3, -0.25) is 4.79 Å². The van der Waals surface area contributed by atoms with Gasteiger partial charge in [0.1, 0.15) is 0 Å². The van der Waals surface area contributed by atoms with Crippen molar-refractivity contribution in [1.82, 2.24) is 15.5 Å². The molecule has 72 valence electrons. The summed E-state index contributed by atoms with van der Waals surface area (Å²) in [6.07, 6.45) is 1.26. The molecule has 6 heteroatoms. The maximum Gasteiger partial charge on any atom is 0.221 e. The highest BCUT2D eigenvalue weighted by molar-refractivity contribution is 5.76. The summed E-state index contributed by atoms with van der Waals surface area (Å²) in [5.74, 6) is 0.0594. The van der Waals surface area contributed by atoms with Crippen molar-refractivity contribution in [3.8, 4) is 0 Å². The van der Waals surface area contributed by atoms with Gasteiger partial charge in [0.05, 0.1) is 6.54 Å². The molecule has 0 aliphatic rings. The summed E-state index contributed by atoms with van der Waals surface area (Å²) in [7, 11) is 0. The molecule has 0 aliphatic carbocycles. The third-order valence-electron chi connectivity index (χ3n) is 1.63. The summed E-state index contributed by atoms with van der Waals surface area (Å²) in [5.41, 5.74) is 5.07. The van der Waals surface area contributed by atoms with Crippen LogP contribution in [0.1, 0.15) is 12.7 Å². The normalized spacial score (nSPS) is 12.7. The highest BCUT2D eigenvalue weighted by atomic mass is 16.5. The number of primary amides is 1. The van der Waals surface area contributed by atoms with Crippen molar-refractivity contribution in [2.75, 3.05) is 6.54 Å². The van der Waals surface area contributed by atoms with E-state index < -0.39 is 0 Å². The summed E-state index contributed by atoms with van der Waals surface area (Å²) < 4.78 is 4.53. The fraction of sp³-hybridized carbons (Fsp3) is 0.571. The Balaban J connectivity index is 2.18. The van der Waals surface area contributed by atoms with Crippen LogP contribution in [0.5, 0.6) is 0 Å². The van der Waals surface area contributed by atoms with Crippen LogP contribution in [0.4, 0.5) is 0 Å². The van der Waals surface area contributed by atoms with Crippen LogP contribution >= 0.6 is 0 Å². The molecule has 1 rings (SSSR count). The van der Waals surface area contributed by atoms with Crippen LogP contribution in [0.25, 0.3) is 0 Å². The topological polar surface area (TPSA) is 94.0 Å². The Bertz CT molecular complexity index is 259. The van der Waals surface area contributed by atoms with Gasteiger partial charge in [0.15, 0.2) is 5.82 Å². The summed E-state index contributed by atoms with van der Waals surface area (Å²) in [5, 5.41) is 6.58. The Morgan fingerprint density at radius 2 is 2.62 bits per heavy atom.